The van der Waals surface area contributed by atoms with Crippen molar-refractivity contribution in [2.75, 3.05) is 51.7 Å². The van der Waals surface area contributed by atoms with Gasteiger partial charge in [0.05, 0.1) is 6.54 Å². The van der Waals surface area contributed by atoms with Gasteiger partial charge in [-0.3, -0.25) is 4.90 Å². The molecule has 0 aromatic heterocycles. The molecule has 0 bridgehead atoms. The lowest BCUT2D eigenvalue weighted by Crippen LogP contribution is -2.43. The fourth-order valence-electron chi connectivity index (χ4n) is 1.97. The Morgan fingerprint density at radius 3 is 2.44 bits per heavy atom. The molecule has 1 aromatic carbocycles. The Bertz CT molecular complexity index is 419. The summed E-state index contributed by atoms with van der Waals surface area (Å²) in [5, 5.41) is 3.35. The van der Waals surface area contributed by atoms with E-state index in [1.807, 2.05) is 14.1 Å². The van der Waals surface area contributed by atoms with Crippen LogP contribution in [0.5, 0.6) is 0 Å². The van der Waals surface area contributed by atoms with Gasteiger partial charge in [-0.1, -0.05) is 11.8 Å². The van der Waals surface area contributed by atoms with Crippen LogP contribution in [0.1, 0.15) is 5.56 Å². The van der Waals surface area contributed by atoms with E-state index in [0.717, 1.165) is 38.3 Å². The average molecular weight is 243 g/mol. The summed E-state index contributed by atoms with van der Waals surface area (Å²) in [5.41, 5.74) is 2.30. The highest BCUT2D eigenvalue weighted by Crippen LogP contribution is 2.11. The Kier molecular flexibility index (Phi) is 4.63. The number of hydrogen-bond acceptors (Lipinski definition) is 3. The molecule has 96 valence electrons. The normalized spacial score (nSPS) is 15.9. The van der Waals surface area contributed by atoms with Crippen molar-refractivity contribution in [1.29, 1.82) is 0 Å². The van der Waals surface area contributed by atoms with E-state index < -0.39 is 0 Å². The van der Waals surface area contributed by atoms with Crippen LogP contribution in [-0.2, 0) is 0 Å². The van der Waals surface area contributed by atoms with Gasteiger partial charge >= 0.3 is 0 Å². The molecule has 2 rings (SSSR count). The molecule has 1 N–H and O–H groups in total. The van der Waals surface area contributed by atoms with Gasteiger partial charge in [0.15, 0.2) is 0 Å². The Morgan fingerprint density at radius 2 is 1.83 bits per heavy atom. The zero-order valence-electron chi connectivity index (χ0n) is 11.2. The van der Waals surface area contributed by atoms with Gasteiger partial charge in [-0.05, 0) is 24.3 Å². The van der Waals surface area contributed by atoms with E-state index >= 15 is 0 Å². The van der Waals surface area contributed by atoms with Crippen molar-refractivity contribution in [1.82, 2.24) is 10.2 Å². The van der Waals surface area contributed by atoms with Crippen molar-refractivity contribution in [3.05, 3.63) is 29.8 Å². The average Bonchev–Trinajstić information content (AvgIpc) is 2.40. The lowest BCUT2D eigenvalue weighted by Gasteiger charge is -2.24. The molecule has 1 saturated heterocycles. The van der Waals surface area contributed by atoms with E-state index in [-0.39, 0.29) is 0 Å². The van der Waals surface area contributed by atoms with Gasteiger partial charge < -0.3 is 10.2 Å². The number of anilines is 1. The van der Waals surface area contributed by atoms with E-state index in [9.17, 15) is 0 Å². The predicted octanol–water partition coefficient (Wildman–Crippen LogP) is 1.01. The summed E-state index contributed by atoms with van der Waals surface area (Å²) >= 11 is 0. The van der Waals surface area contributed by atoms with Crippen molar-refractivity contribution in [2.24, 2.45) is 0 Å². The van der Waals surface area contributed by atoms with Crippen LogP contribution in [-0.4, -0.2) is 51.7 Å². The Labute approximate surface area is 110 Å². The maximum Gasteiger partial charge on any atom is 0.0606 e. The van der Waals surface area contributed by atoms with E-state index in [1.165, 1.54) is 5.69 Å². The number of benzene rings is 1. The molecule has 3 heteroatoms. The highest BCUT2D eigenvalue weighted by molar-refractivity contribution is 5.49. The third-order valence-corrected chi connectivity index (χ3v) is 3.13. The van der Waals surface area contributed by atoms with E-state index in [0.29, 0.717) is 0 Å². The standard InChI is InChI=1S/C15H21N3/c1-17(2)15-7-5-14(6-8-15)4-3-11-18-12-9-16-10-13-18/h5-8,16H,9-13H2,1-2H3. The molecule has 0 saturated carbocycles. The first-order chi connectivity index (χ1) is 8.75. The second kappa shape index (κ2) is 6.44. The summed E-state index contributed by atoms with van der Waals surface area (Å²) < 4.78 is 0. The van der Waals surface area contributed by atoms with Gasteiger partial charge in [0.25, 0.3) is 0 Å². The largest absolute Gasteiger partial charge is 0.378 e. The van der Waals surface area contributed by atoms with Crippen molar-refractivity contribution in [2.45, 2.75) is 0 Å². The van der Waals surface area contributed by atoms with Gasteiger partial charge in [-0.15, -0.1) is 0 Å². The summed E-state index contributed by atoms with van der Waals surface area (Å²) in [6.07, 6.45) is 0. The van der Waals surface area contributed by atoms with Gasteiger partial charge in [0.1, 0.15) is 0 Å². The highest BCUT2D eigenvalue weighted by Gasteiger charge is 2.06. The second-order valence-corrected chi connectivity index (χ2v) is 4.77. The third kappa shape index (κ3) is 3.76. The lowest BCUT2D eigenvalue weighted by atomic mass is 10.2. The molecule has 0 radical (unpaired) electrons. The minimum absolute atomic E-state index is 0.872. The molecule has 1 fully saturated rings. The van der Waals surface area contributed by atoms with E-state index in [4.69, 9.17) is 0 Å². The van der Waals surface area contributed by atoms with Crippen LogP contribution < -0.4 is 10.2 Å². The van der Waals surface area contributed by atoms with Crippen LogP contribution >= 0.6 is 0 Å². The number of hydrogen-bond donors (Lipinski definition) is 1. The molecule has 0 atom stereocenters. The van der Waals surface area contributed by atoms with Crippen molar-refractivity contribution in [3.63, 3.8) is 0 Å². The minimum atomic E-state index is 0.872. The second-order valence-electron chi connectivity index (χ2n) is 4.77. The van der Waals surface area contributed by atoms with Crippen LogP contribution in [0.3, 0.4) is 0 Å². The number of piperazine rings is 1. The van der Waals surface area contributed by atoms with Crippen LogP contribution in [0.4, 0.5) is 5.69 Å². The van der Waals surface area contributed by atoms with E-state index in [2.05, 4.69) is 51.2 Å². The Hall–Kier alpha value is -1.50. The molecule has 0 amide bonds. The zero-order chi connectivity index (χ0) is 12.8. The highest BCUT2D eigenvalue weighted by atomic mass is 15.2. The van der Waals surface area contributed by atoms with Gasteiger partial charge in [0.2, 0.25) is 0 Å². The molecule has 1 aliphatic rings. The zero-order valence-corrected chi connectivity index (χ0v) is 11.2. The summed E-state index contributed by atoms with van der Waals surface area (Å²) in [6, 6.07) is 8.38. The first kappa shape index (κ1) is 12.9. The smallest absolute Gasteiger partial charge is 0.0606 e. The molecule has 0 unspecified atom stereocenters. The van der Waals surface area contributed by atoms with Gasteiger partial charge in [-0.25, -0.2) is 0 Å². The van der Waals surface area contributed by atoms with Crippen LogP contribution in [0, 0.1) is 11.8 Å². The minimum Gasteiger partial charge on any atom is -0.378 e. The molecule has 1 aliphatic heterocycles. The first-order valence-electron chi connectivity index (χ1n) is 6.45. The molecule has 0 aliphatic carbocycles. The maximum atomic E-state index is 3.35. The quantitative estimate of drug-likeness (QED) is 0.782. The molecule has 1 aromatic rings. The Morgan fingerprint density at radius 1 is 1.17 bits per heavy atom. The van der Waals surface area contributed by atoms with Crippen molar-refractivity contribution >= 4 is 5.69 Å². The number of rotatable bonds is 2. The topological polar surface area (TPSA) is 18.5 Å². The van der Waals surface area contributed by atoms with Crippen LogP contribution in [0.2, 0.25) is 0 Å². The van der Waals surface area contributed by atoms with Crippen molar-refractivity contribution in [3.8, 4) is 11.8 Å². The van der Waals surface area contributed by atoms with Crippen LogP contribution in [0.15, 0.2) is 24.3 Å². The molecular formula is C15H21N3. The van der Waals surface area contributed by atoms with Crippen LogP contribution in [0.25, 0.3) is 0 Å². The molecule has 0 spiro atoms. The summed E-state index contributed by atoms with van der Waals surface area (Å²) in [5.74, 6) is 6.48. The van der Waals surface area contributed by atoms with E-state index in [1.54, 1.807) is 0 Å². The third-order valence-electron chi connectivity index (χ3n) is 3.13. The summed E-state index contributed by atoms with van der Waals surface area (Å²) in [6.45, 7) is 5.25. The summed E-state index contributed by atoms with van der Waals surface area (Å²) in [7, 11) is 4.09. The lowest BCUT2D eigenvalue weighted by molar-refractivity contribution is 0.268. The SMILES string of the molecule is CN(C)c1ccc(C#CCN2CCNCC2)cc1. The number of nitrogens with one attached hydrogen (secondary N) is 1. The monoisotopic (exact) mass is 243 g/mol. The number of nitrogens with zero attached hydrogens (tertiary/aromatic N) is 2. The van der Waals surface area contributed by atoms with Crippen molar-refractivity contribution < 1.29 is 0 Å². The fraction of sp³-hybridized carbons (Fsp3) is 0.467. The predicted molar refractivity (Wildman–Crippen MR) is 77.0 cm³/mol. The summed E-state index contributed by atoms with van der Waals surface area (Å²) in [4.78, 5) is 4.48. The molecular weight excluding hydrogens is 222 g/mol. The van der Waals surface area contributed by atoms with Gasteiger partial charge in [0, 0.05) is 51.5 Å². The fourth-order valence-corrected chi connectivity index (χ4v) is 1.97. The maximum absolute atomic E-state index is 3.35. The molecule has 1 heterocycles. The molecule has 18 heavy (non-hydrogen) atoms. The first-order valence-corrected chi connectivity index (χ1v) is 6.45. The molecule has 3 nitrogen and oxygen atoms in total. The Balaban J connectivity index is 1.88. The van der Waals surface area contributed by atoms with Gasteiger partial charge in [-0.2, -0.15) is 0 Å².